The molecule has 2 aromatic rings. The molecular weight excluding hydrogens is 506 g/mol. The van der Waals surface area contributed by atoms with Gasteiger partial charge in [-0.15, -0.1) is 11.3 Å². The standard InChI is InChI=1S/C27H39N5O5S/c1-27(2)18-37-13-11-32(27)15-19-6-7-22(21(14-19)24(33)28-9-5-12-35-3)29-25(34)23-17-38-26(30-23)31-10-8-20(16-31)36-4/h6-7,14,17,20H,5,8-13,15-16,18H2,1-4H3,(H,28,33)(H,29,34)/t20-/m0/s1. The predicted molar refractivity (Wildman–Crippen MR) is 148 cm³/mol. The molecule has 0 saturated carbocycles. The summed E-state index contributed by atoms with van der Waals surface area (Å²) in [5.41, 5.74) is 2.11. The zero-order chi connectivity index (χ0) is 27.1. The van der Waals surface area contributed by atoms with E-state index < -0.39 is 0 Å². The minimum atomic E-state index is -0.342. The van der Waals surface area contributed by atoms with E-state index in [0.717, 1.165) is 36.8 Å². The Kier molecular flexibility index (Phi) is 9.72. The summed E-state index contributed by atoms with van der Waals surface area (Å²) in [5, 5.41) is 8.43. The Morgan fingerprint density at radius 2 is 2.08 bits per heavy atom. The number of methoxy groups -OCH3 is 2. The van der Waals surface area contributed by atoms with E-state index in [0.29, 0.717) is 56.3 Å². The predicted octanol–water partition coefficient (Wildman–Crippen LogP) is 3.00. The highest BCUT2D eigenvalue weighted by molar-refractivity contribution is 7.14. The first-order valence-corrected chi connectivity index (χ1v) is 14.0. The summed E-state index contributed by atoms with van der Waals surface area (Å²) in [5.74, 6) is -0.577. The largest absolute Gasteiger partial charge is 0.385 e. The van der Waals surface area contributed by atoms with Crippen molar-refractivity contribution in [3.05, 3.63) is 40.4 Å². The van der Waals surface area contributed by atoms with Crippen molar-refractivity contribution >= 4 is 34.0 Å². The second kappa shape index (κ2) is 13.0. The molecule has 0 radical (unpaired) electrons. The fraction of sp³-hybridized carbons (Fsp3) is 0.593. The number of hydrogen-bond acceptors (Lipinski definition) is 9. The van der Waals surface area contributed by atoms with E-state index in [1.807, 2.05) is 18.2 Å². The van der Waals surface area contributed by atoms with Gasteiger partial charge in [0.25, 0.3) is 11.8 Å². The van der Waals surface area contributed by atoms with Crippen LogP contribution in [0.4, 0.5) is 10.8 Å². The van der Waals surface area contributed by atoms with E-state index in [1.165, 1.54) is 11.3 Å². The van der Waals surface area contributed by atoms with Crippen molar-refractivity contribution in [1.82, 2.24) is 15.2 Å². The maximum Gasteiger partial charge on any atom is 0.275 e. The molecule has 1 aromatic heterocycles. The van der Waals surface area contributed by atoms with E-state index in [9.17, 15) is 9.59 Å². The van der Waals surface area contributed by atoms with Gasteiger partial charge in [0, 0.05) is 64.5 Å². The summed E-state index contributed by atoms with van der Waals surface area (Å²) in [6.07, 6.45) is 1.82. The van der Waals surface area contributed by atoms with Gasteiger partial charge >= 0.3 is 0 Å². The molecule has 11 heteroatoms. The van der Waals surface area contributed by atoms with E-state index in [4.69, 9.17) is 14.2 Å². The highest BCUT2D eigenvalue weighted by Gasteiger charge is 2.31. The van der Waals surface area contributed by atoms with Crippen molar-refractivity contribution in [2.75, 3.05) is 70.4 Å². The Morgan fingerprint density at radius 1 is 1.24 bits per heavy atom. The van der Waals surface area contributed by atoms with Crippen LogP contribution in [0.1, 0.15) is 53.1 Å². The molecule has 2 saturated heterocycles. The lowest BCUT2D eigenvalue weighted by Crippen LogP contribution is -2.52. The van der Waals surface area contributed by atoms with Gasteiger partial charge < -0.3 is 29.7 Å². The van der Waals surface area contributed by atoms with Crippen LogP contribution in [-0.4, -0.2) is 93.6 Å². The van der Waals surface area contributed by atoms with Crippen molar-refractivity contribution in [2.45, 2.75) is 44.9 Å². The molecule has 2 aliphatic heterocycles. The van der Waals surface area contributed by atoms with Gasteiger partial charge in [-0.1, -0.05) is 6.07 Å². The zero-order valence-electron chi connectivity index (χ0n) is 22.7. The first-order chi connectivity index (χ1) is 18.3. The number of benzene rings is 1. The van der Waals surface area contributed by atoms with Gasteiger partial charge in [-0.05, 0) is 44.4 Å². The SMILES string of the molecule is COCCCNC(=O)c1cc(CN2CCOCC2(C)C)ccc1NC(=O)c1csc(N2CC[C@H](OC)C2)n1. The lowest BCUT2D eigenvalue weighted by molar-refractivity contribution is -0.0552. The molecule has 1 aromatic carbocycles. The molecular formula is C27H39N5O5S. The number of aromatic nitrogens is 1. The van der Waals surface area contributed by atoms with Gasteiger partial charge in [0.2, 0.25) is 0 Å². The molecule has 0 aliphatic carbocycles. The Morgan fingerprint density at radius 3 is 2.82 bits per heavy atom. The smallest absolute Gasteiger partial charge is 0.275 e. The third kappa shape index (κ3) is 7.09. The molecule has 2 amide bonds. The molecule has 2 aliphatic rings. The molecule has 4 rings (SSSR count). The van der Waals surface area contributed by atoms with Crippen LogP contribution in [-0.2, 0) is 20.8 Å². The summed E-state index contributed by atoms with van der Waals surface area (Å²) >= 11 is 1.44. The Labute approximate surface area is 228 Å². The number of carbonyl (C=O) groups excluding carboxylic acids is 2. The fourth-order valence-electron chi connectivity index (χ4n) is 4.70. The Balaban J connectivity index is 1.50. The number of rotatable bonds is 11. The summed E-state index contributed by atoms with van der Waals surface area (Å²) in [6.45, 7) is 9.81. The Bertz CT molecular complexity index is 1110. The molecule has 0 spiro atoms. The summed E-state index contributed by atoms with van der Waals surface area (Å²) in [6, 6.07) is 5.64. The second-order valence-corrected chi connectivity index (χ2v) is 11.2. The fourth-order valence-corrected chi connectivity index (χ4v) is 5.54. The van der Waals surface area contributed by atoms with Crippen LogP contribution in [0.5, 0.6) is 0 Å². The first kappa shape index (κ1) is 28.4. The summed E-state index contributed by atoms with van der Waals surface area (Å²) in [7, 11) is 3.35. The van der Waals surface area contributed by atoms with E-state index in [-0.39, 0.29) is 23.5 Å². The monoisotopic (exact) mass is 545 g/mol. The van der Waals surface area contributed by atoms with Crippen LogP contribution in [0.15, 0.2) is 23.6 Å². The second-order valence-electron chi connectivity index (χ2n) is 10.3. The molecule has 2 fully saturated rings. The molecule has 208 valence electrons. The van der Waals surface area contributed by atoms with E-state index in [2.05, 4.69) is 39.3 Å². The lowest BCUT2D eigenvalue weighted by Gasteiger charge is -2.42. The number of nitrogens with zero attached hydrogens (tertiary/aromatic N) is 3. The minimum Gasteiger partial charge on any atom is -0.385 e. The number of hydrogen-bond donors (Lipinski definition) is 2. The molecule has 38 heavy (non-hydrogen) atoms. The van der Waals surface area contributed by atoms with Gasteiger partial charge in [0.1, 0.15) is 5.69 Å². The topological polar surface area (TPSA) is 105 Å². The van der Waals surface area contributed by atoms with Crippen molar-refractivity contribution in [2.24, 2.45) is 0 Å². The van der Waals surface area contributed by atoms with Crippen LogP contribution < -0.4 is 15.5 Å². The number of morpholine rings is 1. The van der Waals surface area contributed by atoms with Crippen LogP contribution in [0.3, 0.4) is 0 Å². The molecule has 3 heterocycles. The summed E-state index contributed by atoms with van der Waals surface area (Å²) < 4.78 is 16.2. The van der Waals surface area contributed by atoms with Crippen LogP contribution in [0.2, 0.25) is 0 Å². The molecule has 2 N–H and O–H groups in total. The first-order valence-electron chi connectivity index (χ1n) is 13.1. The molecule has 1 atom stereocenters. The maximum atomic E-state index is 13.2. The van der Waals surface area contributed by atoms with Crippen molar-refractivity contribution in [3.63, 3.8) is 0 Å². The summed E-state index contributed by atoms with van der Waals surface area (Å²) in [4.78, 5) is 35.4. The third-order valence-electron chi connectivity index (χ3n) is 7.05. The number of carbonyl (C=O) groups is 2. The van der Waals surface area contributed by atoms with Crippen molar-refractivity contribution in [1.29, 1.82) is 0 Å². The quantitative estimate of drug-likeness (QED) is 0.415. The van der Waals surface area contributed by atoms with Crippen LogP contribution in [0, 0.1) is 0 Å². The van der Waals surface area contributed by atoms with Gasteiger partial charge in [-0.25, -0.2) is 4.98 Å². The van der Waals surface area contributed by atoms with E-state index in [1.54, 1.807) is 19.6 Å². The zero-order valence-corrected chi connectivity index (χ0v) is 23.6. The van der Waals surface area contributed by atoms with Gasteiger partial charge in [-0.3, -0.25) is 14.5 Å². The van der Waals surface area contributed by atoms with Crippen LogP contribution >= 0.6 is 11.3 Å². The Hall–Kier alpha value is -2.57. The van der Waals surface area contributed by atoms with Gasteiger partial charge in [0.05, 0.1) is 30.6 Å². The number of anilines is 2. The third-order valence-corrected chi connectivity index (χ3v) is 7.95. The lowest BCUT2D eigenvalue weighted by atomic mass is 10.00. The average Bonchev–Trinajstić information content (AvgIpc) is 3.58. The number of ether oxygens (including phenoxy) is 3. The maximum absolute atomic E-state index is 13.2. The van der Waals surface area contributed by atoms with E-state index >= 15 is 0 Å². The molecule has 10 nitrogen and oxygen atoms in total. The van der Waals surface area contributed by atoms with Crippen LogP contribution in [0.25, 0.3) is 0 Å². The van der Waals surface area contributed by atoms with Gasteiger partial charge in [0.15, 0.2) is 5.13 Å². The number of thiazole rings is 1. The highest BCUT2D eigenvalue weighted by atomic mass is 32.1. The number of amides is 2. The van der Waals surface area contributed by atoms with Crippen molar-refractivity contribution < 1.29 is 23.8 Å². The van der Waals surface area contributed by atoms with Crippen molar-refractivity contribution in [3.8, 4) is 0 Å². The molecule has 0 unspecified atom stereocenters. The number of nitrogens with one attached hydrogen (secondary N) is 2. The molecule has 0 bridgehead atoms. The minimum absolute atomic E-state index is 0.103. The van der Waals surface area contributed by atoms with Gasteiger partial charge in [-0.2, -0.15) is 0 Å². The highest BCUT2D eigenvalue weighted by Crippen LogP contribution is 2.27. The normalized spacial score (nSPS) is 19.5. The average molecular weight is 546 g/mol.